The van der Waals surface area contributed by atoms with Crippen LogP contribution in [0.2, 0.25) is 5.04 Å². The van der Waals surface area contributed by atoms with E-state index in [1.807, 2.05) is 52.8 Å². The lowest BCUT2D eigenvalue weighted by atomic mass is 10.1. The standard InChI is InChI=1S/C29H41NO4Si/c1-10-25(24-21-32-29(8,9)30(24)26(31)33-27(2,3)4)34-35(28(5,6)7,22-17-13-11-14-18-22)23-19-15-12-16-20-23/h10-20,24-25H,1,21H2,2-9H3/t24-,25+/m0/s1. The molecule has 2 aromatic rings. The van der Waals surface area contributed by atoms with Gasteiger partial charge in [0.15, 0.2) is 0 Å². The fraction of sp³-hybridized carbons (Fsp3) is 0.483. The molecule has 0 saturated carbocycles. The van der Waals surface area contributed by atoms with Crippen molar-refractivity contribution in [1.29, 1.82) is 0 Å². The number of hydrogen-bond donors (Lipinski definition) is 0. The average molecular weight is 496 g/mol. The van der Waals surface area contributed by atoms with Crippen LogP contribution in [0.4, 0.5) is 4.79 Å². The van der Waals surface area contributed by atoms with Crippen molar-refractivity contribution in [2.45, 2.75) is 83.9 Å². The Bertz CT molecular complexity index is 969. The molecule has 1 aliphatic heterocycles. The Morgan fingerprint density at radius 1 is 1.03 bits per heavy atom. The lowest BCUT2D eigenvalue weighted by Crippen LogP contribution is -2.69. The van der Waals surface area contributed by atoms with E-state index >= 15 is 0 Å². The van der Waals surface area contributed by atoms with Crippen LogP contribution in [0.5, 0.6) is 0 Å². The van der Waals surface area contributed by atoms with Crippen LogP contribution in [0.3, 0.4) is 0 Å². The molecular formula is C29H41NO4Si. The molecule has 1 saturated heterocycles. The average Bonchev–Trinajstić information content (AvgIpc) is 3.09. The molecule has 0 N–H and O–H groups in total. The Hall–Kier alpha value is -2.41. The van der Waals surface area contributed by atoms with Crippen molar-refractivity contribution in [2.24, 2.45) is 0 Å². The number of ether oxygens (including phenoxy) is 2. The van der Waals surface area contributed by atoms with Gasteiger partial charge in [-0.1, -0.05) is 87.5 Å². The number of rotatable bonds is 6. The van der Waals surface area contributed by atoms with Crippen LogP contribution in [0.1, 0.15) is 55.4 Å². The smallest absolute Gasteiger partial charge is 0.413 e. The molecule has 0 radical (unpaired) electrons. The number of carbonyl (C=O) groups excluding carboxylic acids is 1. The molecule has 1 heterocycles. The highest BCUT2D eigenvalue weighted by Crippen LogP contribution is 2.40. The van der Waals surface area contributed by atoms with Crippen molar-refractivity contribution in [3.8, 4) is 0 Å². The molecule has 35 heavy (non-hydrogen) atoms. The highest BCUT2D eigenvalue weighted by Gasteiger charge is 2.55. The molecule has 1 aliphatic rings. The largest absolute Gasteiger partial charge is 0.444 e. The van der Waals surface area contributed by atoms with E-state index < -0.39 is 31.8 Å². The van der Waals surface area contributed by atoms with E-state index in [0.717, 1.165) is 0 Å². The Labute approximate surface area is 212 Å². The van der Waals surface area contributed by atoms with Crippen LogP contribution in [0.25, 0.3) is 0 Å². The van der Waals surface area contributed by atoms with Crippen molar-refractivity contribution in [3.63, 3.8) is 0 Å². The molecule has 1 amide bonds. The van der Waals surface area contributed by atoms with Crippen molar-refractivity contribution >= 4 is 24.8 Å². The maximum atomic E-state index is 13.4. The summed E-state index contributed by atoms with van der Waals surface area (Å²) >= 11 is 0. The van der Waals surface area contributed by atoms with Gasteiger partial charge in [0, 0.05) is 0 Å². The first-order valence-corrected chi connectivity index (χ1v) is 14.2. The first-order valence-electron chi connectivity index (χ1n) is 12.3. The third-order valence-corrected chi connectivity index (χ3v) is 11.5. The summed E-state index contributed by atoms with van der Waals surface area (Å²) in [5.74, 6) is 0. The van der Waals surface area contributed by atoms with E-state index in [1.54, 1.807) is 4.90 Å². The minimum absolute atomic E-state index is 0.206. The van der Waals surface area contributed by atoms with Crippen LogP contribution in [-0.4, -0.2) is 49.4 Å². The number of carbonyl (C=O) groups is 1. The minimum Gasteiger partial charge on any atom is -0.444 e. The fourth-order valence-corrected chi connectivity index (χ4v) is 9.60. The van der Waals surface area contributed by atoms with Gasteiger partial charge in [0.2, 0.25) is 0 Å². The van der Waals surface area contributed by atoms with Gasteiger partial charge in [0.1, 0.15) is 11.3 Å². The van der Waals surface area contributed by atoms with Gasteiger partial charge < -0.3 is 13.9 Å². The summed E-state index contributed by atoms with van der Waals surface area (Å²) in [5, 5.41) is 2.14. The summed E-state index contributed by atoms with van der Waals surface area (Å²) in [4.78, 5) is 15.0. The Balaban J connectivity index is 2.13. The zero-order chi connectivity index (χ0) is 26.1. The van der Waals surface area contributed by atoms with Crippen molar-refractivity contribution < 1.29 is 18.7 Å². The molecule has 6 heteroatoms. The maximum Gasteiger partial charge on any atom is 0.413 e. The van der Waals surface area contributed by atoms with E-state index in [2.05, 4.69) is 75.9 Å². The van der Waals surface area contributed by atoms with Gasteiger partial charge in [0.25, 0.3) is 8.32 Å². The first-order chi connectivity index (χ1) is 16.2. The molecule has 190 valence electrons. The summed E-state index contributed by atoms with van der Waals surface area (Å²) in [6, 6.07) is 20.6. The molecule has 2 atom stereocenters. The number of hydrogen-bond acceptors (Lipinski definition) is 4. The van der Waals surface area contributed by atoms with Crippen LogP contribution in [0.15, 0.2) is 73.3 Å². The van der Waals surface area contributed by atoms with Crippen LogP contribution in [-0.2, 0) is 13.9 Å². The van der Waals surface area contributed by atoms with Gasteiger partial charge in [-0.05, 0) is 50.0 Å². The minimum atomic E-state index is -2.86. The maximum absolute atomic E-state index is 13.4. The normalized spacial score (nSPS) is 19.3. The Morgan fingerprint density at radius 3 is 1.91 bits per heavy atom. The number of benzene rings is 2. The molecule has 3 rings (SSSR count). The summed E-state index contributed by atoms with van der Waals surface area (Å²) in [6.45, 7) is 20.6. The topological polar surface area (TPSA) is 48.0 Å². The van der Waals surface area contributed by atoms with Gasteiger partial charge >= 0.3 is 6.09 Å². The van der Waals surface area contributed by atoms with Gasteiger partial charge in [-0.25, -0.2) is 4.79 Å². The molecule has 0 aliphatic carbocycles. The predicted molar refractivity (Wildman–Crippen MR) is 145 cm³/mol. The van der Waals surface area contributed by atoms with Crippen LogP contribution < -0.4 is 10.4 Å². The van der Waals surface area contributed by atoms with E-state index in [-0.39, 0.29) is 11.1 Å². The molecule has 0 bridgehead atoms. The zero-order valence-corrected chi connectivity index (χ0v) is 23.5. The molecular weight excluding hydrogens is 454 g/mol. The molecule has 2 aromatic carbocycles. The lowest BCUT2D eigenvalue weighted by molar-refractivity contribution is -0.0655. The first kappa shape index (κ1) is 27.2. The molecule has 0 spiro atoms. The van der Waals surface area contributed by atoms with Gasteiger partial charge in [0.05, 0.1) is 18.8 Å². The summed E-state index contributed by atoms with van der Waals surface area (Å²) in [7, 11) is -2.86. The second-order valence-electron chi connectivity index (χ2n) is 11.7. The summed E-state index contributed by atoms with van der Waals surface area (Å²) in [6.07, 6.45) is 0.935. The third-order valence-electron chi connectivity index (χ3n) is 6.45. The van der Waals surface area contributed by atoms with E-state index in [4.69, 9.17) is 13.9 Å². The fourth-order valence-electron chi connectivity index (χ4n) is 4.92. The second-order valence-corrected chi connectivity index (χ2v) is 15.9. The summed E-state index contributed by atoms with van der Waals surface area (Å²) < 4.78 is 19.2. The molecule has 0 aromatic heterocycles. The zero-order valence-electron chi connectivity index (χ0n) is 22.5. The lowest BCUT2D eigenvalue weighted by Gasteiger charge is -2.46. The quantitative estimate of drug-likeness (QED) is 0.393. The van der Waals surface area contributed by atoms with E-state index in [1.165, 1.54) is 10.4 Å². The highest BCUT2D eigenvalue weighted by molar-refractivity contribution is 6.99. The summed E-state index contributed by atoms with van der Waals surface area (Å²) in [5.41, 5.74) is -1.45. The van der Waals surface area contributed by atoms with Crippen molar-refractivity contribution in [3.05, 3.63) is 73.3 Å². The molecule has 0 unspecified atom stereocenters. The Kier molecular flexibility index (Phi) is 7.70. The SMILES string of the molecule is C=C[C@@H](O[Si](c1ccccc1)(c1ccccc1)C(C)(C)C)[C@@H]1COC(C)(C)N1C(=O)OC(C)(C)C. The van der Waals surface area contributed by atoms with Crippen molar-refractivity contribution in [1.82, 2.24) is 4.90 Å². The van der Waals surface area contributed by atoms with Crippen molar-refractivity contribution in [2.75, 3.05) is 6.61 Å². The number of nitrogens with zero attached hydrogens (tertiary/aromatic N) is 1. The van der Waals surface area contributed by atoms with Crippen LogP contribution in [0, 0.1) is 0 Å². The number of amides is 1. The third kappa shape index (κ3) is 5.55. The monoisotopic (exact) mass is 495 g/mol. The predicted octanol–water partition coefficient (Wildman–Crippen LogP) is 5.49. The Morgan fingerprint density at radius 2 is 1.51 bits per heavy atom. The van der Waals surface area contributed by atoms with Crippen LogP contribution >= 0.6 is 0 Å². The van der Waals surface area contributed by atoms with Gasteiger partial charge in [-0.3, -0.25) is 4.90 Å². The van der Waals surface area contributed by atoms with E-state index in [0.29, 0.717) is 6.61 Å². The van der Waals surface area contributed by atoms with Gasteiger partial charge in [-0.15, -0.1) is 6.58 Å². The molecule has 5 nitrogen and oxygen atoms in total. The molecule has 1 fully saturated rings. The highest BCUT2D eigenvalue weighted by atomic mass is 28.4. The second kappa shape index (κ2) is 9.92. The van der Waals surface area contributed by atoms with E-state index in [9.17, 15) is 4.79 Å². The van der Waals surface area contributed by atoms with Gasteiger partial charge in [-0.2, -0.15) is 0 Å².